The molecule has 6 nitrogen and oxygen atoms in total. The molecule has 1 N–H and O–H groups in total. The Kier molecular flexibility index (Phi) is 4.77. The van der Waals surface area contributed by atoms with Crippen LogP contribution < -0.4 is 0 Å². The minimum atomic E-state index is -3.44. The molecule has 0 unspecified atom stereocenters. The summed E-state index contributed by atoms with van der Waals surface area (Å²) in [7, 11) is -3.44. The Morgan fingerprint density at radius 1 is 1.11 bits per heavy atom. The van der Waals surface area contributed by atoms with Gasteiger partial charge in [-0.3, -0.25) is 4.79 Å². The van der Waals surface area contributed by atoms with Gasteiger partial charge in [0.25, 0.3) is 0 Å². The maximum atomic E-state index is 12.4. The molecule has 2 fully saturated rings. The molecule has 148 valence electrons. The molecule has 2 aromatic carbocycles. The maximum Gasteiger partial charge on any atom is 0.238 e. The van der Waals surface area contributed by atoms with Gasteiger partial charge >= 0.3 is 0 Å². The second-order valence-corrected chi connectivity index (χ2v) is 9.62. The minimum absolute atomic E-state index is 0.0792. The molecule has 1 amide bonds. The minimum Gasteiger partial charge on any atom is -0.394 e. The van der Waals surface area contributed by atoms with Crippen molar-refractivity contribution >= 4 is 15.9 Å². The van der Waals surface area contributed by atoms with E-state index >= 15 is 0 Å². The molecule has 28 heavy (non-hydrogen) atoms. The Labute approximate surface area is 165 Å². The Morgan fingerprint density at radius 2 is 1.79 bits per heavy atom. The molecular weight excluding hydrogens is 376 g/mol. The molecule has 2 aromatic rings. The topological polar surface area (TPSA) is 77.9 Å². The third-order valence-corrected chi connectivity index (χ3v) is 7.16. The van der Waals surface area contributed by atoms with Crippen molar-refractivity contribution < 1.29 is 18.3 Å². The van der Waals surface area contributed by atoms with E-state index < -0.39 is 10.0 Å². The van der Waals surface area contributed by atoms with E-state index in [1.54, 1.807) is 4.90 Å². The lowest BCUT2D eigenvalue weighted by molar-refractivity contribution is -0.158. The fourth-order valence-electron chi connectivity index (χ4n) is 4.50. The van der Waals surface area contributed by atoms with Crippen LogP contribution in [0.15, 0.2) is 48.5 Å². The summed E-state index contributed by atoms with van der Waals surface area (Å²) in [6, 6.07) is 15.8. The van der Waals surface area contributed by atoms with Gasteiger partial charge in [-0.25, -0.2) is 8.42 Å². The molecule has 0 bridgehead atoms. The number of hydrogen-bond donors (Lipinski definition) is 1. The molecule has 0 saturated carbocycles. The smallest absolute Gasteiger partial charge is 0.238 e. The number of amides is 1. The number of fused-ring (bicyclic) bond motifs is 1. The van der Waals surface area contributed by atoms with Crippen molar-refractivity contribution in [2.24, 2.45) is 0 Å². The van der Waals surface area contributed by atoms with Crippen LogP contribution in [0.4, 0.5) is 0 Å². The Balaban J connectivity index is 1.63. The van der Waals surface area contributed by atoms with Gasteiger partial charge in [-0.05, 0) is 29.2 Å². The predicted molar refractivity (Wildman–Crippen MR) is 107 cm³/mol. The van der Waals surface area contributed by atoms with Gasteiger partial charge in [0.05, 0.1) is 31.5 Å². The van der Waals surface area contributed by atoms with Crippen molar-refractivity contribution in [3.05, 3.63) is 59.7 Å². The van der Waals surface area contributed by atoms with Gasteiger partial charge in [-0.2, -0.15) is 4.31 Å². The molecule has 2 saturated heterocycles. The van der Waals surface area contributed by atoms with Gasteiger partial charge in [0.2, 0.25) is 15.9 Å². The van der Waals surface area contributed by atoms with E-state index in [9.17, 15) is 18.3 Å². The van der Waals surface area contributed by atoms with Crippen LogP contribution in [0.1, 0.15) is 17.0 Å². The van der Waals surface area contributed by atoms with E-state index in [1.807, 2.05) is 36.4 Å². The first kappa shape index (κ1) is 19.1. The molecule has 0 radical (unpaired) electrons. The number of benzene rings is 2. The standard InChI is InChI=1S/C21H24N2O4S/c1-14-5-3-4-6-17(14)15-7-9-16(10-8-15)21-18-11-22(28(2,26)27)12-20(25)23(18)19(21)13-24/h3-10,18-19,21,24H,11-13H2,1-2H3/t18-,19-,21+/m1/s1. The average molecular weight is 401 g/mol. The van der Waals surface area contributed by atoms with Crippen molar-refractivity contribution in [3.8, 4) is 11.1 Å². The Morgan fingerprint density at radius 3 is 2.39 bits per heavy atom. The Bertz CT molecular complexity index is 1000. The molecule has 2 heterocycles. The molecule has 7 heteroatoms. The van der Waals surface area contributed by atoms with Crippen molar-refractivity contribution in [2.45, 2.75) is 24.9 Å². The van der Waals surface area contributed by atoms with Crippen LogP contribution in [-0.2, 0) is 14.8 Å². The summed E-state index contributed by atoms with van der Waals surface area (Å²) in [5, 5.41) is 9.84. The van der Waals surface area contributed by atoms with Crippen LogP contribution in [0, 0.1) is 6.92 Å². The highest BCUT2D eigenvalue weighted by molar-refractivity contribution is 7.88. The summed E-state index contributed by atoms with van der Waals surface area (Å²) in [4.78, 5) is 14.1. The monoisotopic (exact) mass is 400 g/mol. The molecule has 0 aliphatic carbocycles. The number of hydrogen-bond acceptors (Lipinski definition) is 4. The van der Waals surface area contributed by atoms with Crippen LogP contribution in [0.2, 0.25) is 0 Å². The van der Waals surface area contributed by atoms with Crippen LogP contribution in [0.3, 0.4) is 0 Å². The quantitative estimate of drug-likeness (QED) is 0.846. The fourth-order valence-corrected chi connectivity index (χ4v) is 5.27. The summed E-state index contributed by atoms with van der Waals surface area (Å²) in [6.07, 6.45) is 1.13. The summed E-state index contributed by atoms with van der Waals surface area (Å²) >= 11 is 0. The number of nitrogens with zero attached hydrogens (tertiary/aromatic N) is 2. The lowest BCUT2D eigenvalue weighted by Gasteiger charge is -2.58. The van der Waals surface area contributed by atoms with Crippen LogP contribution in [-0.4, -0.2) is 66.7 Å². The highest BCUT2D eigenvalue weighted by atomic mass is 32.2. The predicted octanol–water partition coefficient (Wildman–Crippen LogP) is 1.59. The van der Waals surface area contributed by atoms with Crippen molar-refractivity contribution in [1.29, 1.82) is 0 Å². The third kappa shape index (κ3) is 3.13. The van der Waals surface area contributed by atoms with E-state index in [4.69, 9.17) is 0 Å². The molecule has 0 aromatic heterocycles. The lowest BCUT2D eigenvalue weighted by atomic mass is 9.74. The first-order valence-electron chi connectivity index (χ1n) is 9.34. The van der Waals surface area contributed by atoms with Gasteiger partial charge in [0.15, 0.2) is 0 Å². The first-order chi connectivity index (χ1) is 13.3. The van der Waals surface area contributed by atoms with Gasteiger partial charge < -0.3 is 10.0 Å². The number of carbonyl (C=O) groups is 1. The number of aliphatic hydroxyl groups excluding tert-OH is 1. The lowest BCUT2D eigenvalue weighted by Crippen LogP contribution is -2.73. The highest BCUT2D eigenvalue weighted by Crippen LogP contribution is 2.43. The first-order valence-corrected chi connectivity index (χ1v) is 11.2. The fraction of sp³-hybridized carbons (Fsp3) is 0.381. The van der Waals surface area contributed by atoms with Gasteiger partial charge in [0.1, 0.15) is 0 Å². The number of carbonyl (C=O) groups excluding carboxylic acids is 1. The molecule has 2 aliphatic rings. The second-order valence-electron chi connectivity index (χ2n) is 7.64. The van der Waals surface area contributed by atoms with Gasteiger partial charge in [-0.15, -0.1) is 0 Å². The van der Waals surface area contributed by atoms with Crippen molar-refractivity contribution in [1.82, 2.24) is 9.21 Å². The largest absolute Gasteiger partial charge is 0.394 e. The van der Waals surface area contributed by atoms with E-state index in [1.165, 1.54) is 15.4 Å². The van der Waals surface area contributed by atoms with Gasteiger partial charge in [-0.1, -0.05) is 48.5 Å². The summed E-state index contributed by atoms with van der Waals surface area (Å²) in [5.74, 6) is -0.321. The second kappa shape index (κ2) is 6.99. The highest BCUT2D eigenvalue weighted by Gasteiger charge is 2.54. The van der Waals surface area contributed by atoms with E-state index in [-0.39, 0.29) is 43.6 Å². The van der Waals surface area contributed by atoms with E-state index in [0.717, 1.165) is 17.4 Å². The average Bonchev–Trinajstić information content (AvgIpc) is 2.63. The van der Waals surface area contributed by atoms with Crippen LogP contribution >= 0.6 is 0 Å². The molecule has 2 aliphatic heterocycles. The maximum absolute atomic E-state index is 12.4. The summed E-state index contributed by atoms with van der Waals surface area (Å²) in [6.45, 7) is 2.06. The molecule has 4 rings (SSSR count). The SMILES string of the molecule is Cc1ccccc1-c1ccc([C@@H]2[C@@H](CO)N3C(=O)CN(S(C)(=O)=O)C[C@H]23)cc1. The third-order valence-electron chi connectivity index (χ3n) is 5.94. The van der Waals surface area contributed by atoms with Crippen molar-refractivity contribution in [2.75, 3.05) is 26.0 Å². The molecule has 0 spiro atoms. The van der Waals surface area contributed by atoms with Crippen LogP contribution in [0.5, 0.6) is 0 Å². The molecular formula is C21H24N2O4S. The van der Waals surface area contributed by atoms with Gasteiger partial charge in [0, 0.05) is 12.5 Å². The Hall–Kier alpha value is -2.22. The number of aliphatic hydroxyl groups is 1. The van der Waals surface area contributed by atoms with E-state index in [2.05, 4.69) is 19.1 Å². The number of aryl methyl sites for hydroxylation is 1. The summed E-state index contributed by atoms with van der Waals surface area (Å²) in [5.41, 5.74) is 4.48. The number of piperazine rings is 1. The molecule has 3 atom stereocenters. The zero-order valence-electron chi connectivity index (χ0n) is 15.9. The summed E-state index contributed by atoms with van der Waals surface area (Å²) < 4.78 is 25.1. The van der Waals surface area contributed by atoms with Crippen molar-refractivity contribution in [3.63, 3.8) is 0 Å². The zero-order chi connectivity index (χ0) is 20.1. The normalized spacial score (nSPS) is 25.3. The number of sulfonamides is 1. The van der Waals surface area contributed by atoms with E-state index in [0.29, 0.717) is 0 Å². The van der Waals surface area contributed by atoms with Crippen LogP contribution in [0.25, 0.3) is 11.1 Å². The zero-order valence-corrected chi connectivity index (χ0v) is 16.8. The number of rotatable bonds is 4.